The molecule has 0 spiro atoms. The van der Waals surface area contributed by atoms with Gasteiger partial charge in [0.05, 0.1) is 16.4 Å². The second-order valence-electron chi connectivity index (χ2n) is 6.05. The Balaban J connectivity index is 1.73. The summed E-state index contributed by atoms with van der Waals surface area (Å²) in [6.07, 6.45) is 0. The number of aryl methyl sites for hydroxylation is 2. The van der Waals surface area contributed by atoms with E-state index in [2.05, 4.69) is 10.6 Å². The topological polar surface area (TPSA) is 122 Å². The molecule has 3 aromatic rings. The fraction of sp³-hybridized carbons (Fsp3) is 0.167. The van der Waals surface area contributed by atoms with Crippen LogP contribution in [0.2, 0.25) is 0 Å². The van der Waals surface area contributed by atoms with Crippen molar-refractivity contribution >= 4 is 29.0 Å². The largest absolute Gasteiger partial charge is 0.442 e. The quantitative estimate of drug-likeness (QED) is 0.283. The van der Waals surface area contributed by atoms with Gasteiger partial charge in [-0.2, -0.15) is 0 Å². The van der Waals surface area contributed by atoms with Crippen molar-refractivity contribution in [1.82, 2.24) is 5.27 Å². The van der Waals surface area contributed by atoms with Crippen molar-refractivity contribution in [2.45, 2.75) is 18.9 Å². The molecule has 144 valence electrons. The number of aromatic amines is 1. The highest BCUT2D eigenvalue weighted by Crippen LogP contribution is 2.22. The molecule has 0 saturated carbocycles. The number of nitrogens with zero attached hydrogens (tertiary/aromatic N) is 2. The molecule has 1 amide bonds. The van der Waals surface area contributed by atoms with Crippen molar-refractivity contribution in [3.8, 4) is 5.69 Å². The summed E-state index contributed by atoms with van der Waals surface area (Å²) in [7, 11) is 0. The first-order valence-electron chi connectivity index (χ1n) is 8.23. The zero-order valence-corrected chi connectivity index (χ0v) is 15.9. The highest BCUT2D eigenvalue weighted by atomic mass is 32.2. The minimum Gasteiger partial charge on any atom is -0.325 e. The van der Waals surface area contributed by atoms with E-state index in [4.69, 9.17) is 4.52 Å². The van der Waals surface area contributed by atoms with Gasteiger partial charge in [-0.05, 0) is 41.1 Å². The molecule has 0 unspecified atom stereocenters. The lowest BCUT2D eigenvalue weighted by Gasteiger charge is -2.07. The maximum absolute atomic E-state index is 12.3. The molecule has 3 rings (SSSR count). The van der Waals surface area contributed by atoms with Gasteiger partial charge < -0.3 is 5.32 Å². The van der Waals surface area contributed by atoms with Gasteiger partial charge in [0.25, 0.3) is 5.69 Å². The number of benzene rings is 2. The molecular formula is C18H17N4O5S+. The number of aromatic nitrogens is 2. The van der Waals surface area contributed by atoms with Crippen molar-refractivity contribution in [2.75, 3.05) is 11.1 Å². The van der Waals surface area contributed by atoms with Crippen LogP contribution in [0.3, 0.4) is 0 Å². The van der Waals surface area contributed by atoms with Crippen LogP contribution in [0.1, 0.15) is 11.1 Å². The maximum Gasteiger partial charge on any atom is 0.442 e. The molecular weight excluding hydrogens is 384 g/mol. The maximum atomic E-state index is 12.3. The summed E-state index contributed by atoms with van der Waals surface area (Å²) in [4.78, 5) is 34.6. The number of carbonyl (C=O) groups is 1. The van der Waals surface area contributed by atoms with Crippen LogP contribution >= 0.6 is 11.8 Å². The van der Waals surface area contributed by atoms with E-state index in [0.717, 1.165) is 17.3 Å². The summed E-state index contributed by atoms with van der Waals surface area (Å²) >= 11 is 1.00. The molecule has 0 bridgehead atoms. The van der Waals surface area contributed by atoms with Gasteiger partial charge in [0.1, 0.15) is 0 Å². The number of carbonyl (C=O) groups excluding carboxylic acids is 1. The lowest BCUT2D eigenvalue weighted by Crippen LogP contribution is -2.36. The lowest BCUT2D eigenvalue weighted by atomic mass is 10.2. The first-order chi connectivity index (χ1) is 13.3. The molecule has 0 radical (unpaired) electrons. The summed E-state index contributed by atoms with van der Waals surface area (Å²) in [6.45, 7) is 3.68. The Morgan fingerprint density at radius 2 is 1.96 bits per heavy atom. The highest BCUT2D eigenvalue weighted by Gasteiger charge is 2.25. The van der Waals surface area contributed by atoms with Crippen LogP contribution in [-0.2, 0) is 4.79 Å². The minimum absolute atomic E-state index is 0.0728. The van der Waals surface area contributed by atoms with Gasteiger partial charge >= 0.3 is 10.7 Å². The highest BCUT2D eigenvalue weighted by molar-refractivity contribution is 7.99. The Bertz CT molecular complexity index is 1090. The smallest absolute Gasteiger partial charge is 0.325 e. The lowest BCUT2D eigenvalue weighted by molar-refractivity contribution is -0.704. The average molecular weight is 401 g/mol. The number of hydrogen-bond acceptors (Lipinski definition) is 6. The van der Waals surface area contributed by atoms with E-state index < -0.39 is 16.5 Å². The van der Waals surface area contributed by atoms with Crippen LogP contribution in [-0.4, -0.2) is 21.9 Å². The van der Waals surface area contributed by atoms with Crippen molar-refractivity contribution in [3.05, 3.63) is 74.1 Å². The molecule has 0 aliphatic heterocycles. The number of H-pyrrole nitrogens is 1. The molecule has 0 fully saturated rings. The second kappa shape index (κ2) is 8.09. The van der Waals surface area contributed by atoms with Gasteiger partial charge in [0, 0.05) is 24.3 Å². The van der Waals surface area contributed by atoms with Crippen LogP contribution in [0.15, 0.2) is 56.8 Å². The van der Waals surface area contributed by atoms with Crippen LogP contribution in [0.4, 0.5) is 11.4 Å². The Labute approximate surface area is 163 Å². The molecule has 28 heavy (non-hydrogen) atoms. The Kier molecular flexibility index (Phi) is 5.59. The van der Waals surface area contributed by atoms with Gasteiger partial charge in [0.2, 0.25) is 11.6 Å². The van der Waals surface area contributed by atoms with E-state index in [1.807, 2.05) is 31.2 Å². The standard InChI is InChI=1S/C18H16N4O5S/c1-11-3-6-13(7-4-11)21-17(18(24)27-20-21)28-10-16(23)19-15-9-14(22(25)26)8-5-12(15)2/h3-9H,10H2,1-2H3,(H-,19,20,23,24)/p+1. The number of hydrogen-bond donors (Lipinski definition) is 2. The monoisotopic (exact) mass is 401 g/mol. The number of nitro benzene ring substituents is 1. The van der Waals surface area contributed by atoms with E-state index in [-0.39, 0.29) is 16.5 Å². The zero-order chi connectivity index (χ0) is 20.3. The zero-order valence-electron chi connectivity index (χ0n) is 15.1. The Morgan fingerprint density at radius 3 is 2.64 bits per heavy atom. The van der Waals surface area contributed by atoms with E-state index >= 15 is 0 Å². The van der Waals surface area contributed by atoms with Crippen LogP contribution in [0, 0.1) is 24.0 Å². The molecule has 9 nitrogen and oxygen atoms in total. The van der Waals surface area contributed by atoms with Crippen LogP contribution in [0.25, 0.3) is 5.69 Å². The summed E-state index contributed by atoms with van der Waals surface area (Å²) in [5.41, 5.74) is 2.10. The van der Waals surface area contributed by atoms with Crippen molar-refractivity contribution < 1.29 is 18.9 Å². The van der Waals surface area contributed by atoms with Crippen molar-refractivity contribution in [1.29, 1.82) is 0 Å². The van der Waals surface area contributed by atoms with Gasteiger partial charge in [-0.25, -0.2) is 4.79 Å². The van der Waals surface area contributed by atoms with Gasteiger partial charge in [0.15, 0.2) is 0 Å². The first kappa shape index (κ1) is 19.4. The fourth-order valence-electron chi connectivity index (χ4n) is 2.43. The van der Waals surface area contributed by atoms with E-state index in [0.29, 0.717) is 16.9 Å². The van der Waals surface area contributed by atoms with Gasteiger partial charge in [-0.15, -0.1) is 0 Å². The van der Waals surface area contributed by atoms with Crippen LogP contribution in [0.5, 0.6) is 0 Å². The normalized spacial score (nSPS) is 10.6. The molecule has 2 N–H and O–H groups in total. The van der Waals surface area contributed by atoms with E-state index in [9.17, 15) is 19.7 Å². The number of amides is 1. The number of nitrogens with one attached hydrogen (secondary N) is 2. The molecule has 0 aliphatic rings. The second-order valence-corrected chi connectivity index (χ2v) is 7.01. The summed E-state index contributed by atoms with van der Waals surface area (Å²) in [5.74, 6) is -0.471. The predicted molar refractivity (Wildman–Crippen MR) is 103 cm³/mol. The third-order valence-corrected chi connectivity index (χ3v) is 4.97. The van der Waals surface area contributed by atoms with Crippen molar-refractivity contribution in [3.63, 3.8) is 0 Å². The third kappa shape index (κ3) is 4.29. The number of thioether (sulfide) groups is 1. The molecule has 2 aromatic carbocycles. The van der Waals surface area contributed by atoms with Crippen molar-refractivity contribution in [2.24, 2.45) is 0 Å². The van der Waals surface area contributed by atoms with E-state index in [1.165, 1.54) is 16.8 Å². The molecule has 1 heterocycles. The predicted octanol–water partition coefficient (Wildman–Crippen LogP) is 2.50. The summed E-state index contributed by atoms with van der Waals surface area (Å²) < 4.78 is 6.30. The summed E-state index contributed by atoms with van der Waals surface area (Å²) in [5, 5.41) is 16.3. The fourth-order valence-corrected chi connectivity index (χ4v) is 3.20. The molecule has 10 heteroatoms. The minimum atomic E-state index is -0.593. The molecule has 1 aromatic heterocycles. The van der Waals surface area contributed by atoms with Crippen LogP contribution < -0.4 is 15.6 Å². The van der Waals surface area contributed by atoms with Gasteiger partial charge in [-0.1, -0.05) is 23.8 Å². The molecule has 0 saturated heterocycles. The Morgan fingerprint density at radius 1 is 1.25 bits per heavy atom. The number of rotatable bonds is 6. The average Bonchev–Trinajstić information content (AvgIpc) is 3.03. The van der Waals surface area contributed by atoms with Gasteiger partial charge in [-0.3, -0.25) is 19.4 Å². The van der Waals surface area contributed by atoms with E-state index in [1.54, 1.807) is 13.0 Å². The SMILES string of the molecule is Cc1ccc(-[n+]2[nH]oc(=O)c2SCC(=O)Nc2cc([N+](=O)[O-])ccc2C)cc1. The molecule has 0 aliphatic carbocycles. The molecule has 0 atom stereocenters. The number of anilines is 1. The number of non-ortho nitro benzene ring substituents is 1. The number of nitro groups is 1. The first-order valence-corrected chi connectivity index (χ1v) is 9.22. The Hall–Kier alpha value is -3.40. The summed E-state index contributed by atoms with van der Waals surface area (Å²) in [6, 6.07) is 11.6. The third-order valence-electron chi connectivity index (χ3n) is 3.95.